The summed E-state index contributed by atoms with van der Waals surface area (Å²) < 4.78 is 4.91. The van der Waals surface area contributed by atoms with Gasteiger partial charge in [-0.05, 0) is 26.2 Å². The van der Waals surface area contributed by atoms with E-state index in [1.54, 1.807) is 0 Å². The first kappa shape index (κ1) is 13.3. The molecule has 2 saturated heterocycles. The molecule has 1 atom stereocenters. The van der Waals surface area contributed by atoms with Crippen molar-refractivity contribution in [2.75, 3.05) is 33.4 Å². The van der Waals surface area contributed by atoms with Crippen LogP contribution in [0, 0.1) is 0 Å². The van der Waals surface area contributed by atoms with E-state index in [2.05, 4.69) is 0 Å². The van der Waals surface area contributed by atoms with Crippen LogP contribution in [-0.4, -0.2) is 60.5 Å². The summed E-state index contributed by atoms with van der Waals surface area (Å²) in [5.41, 5.74) is -0.104. The highest BCUT2D eigenvalue weighted by Crippen LogP contribution is 2.37. The molecular weight excluding hydrogens is 232 g/mol. The molecule has 2 amide bonds. The monoisotopic (exact) mass is 254 g/mol. The number of nitrogens with zero attached hydrogens (tertiary/aromatic N) is 2. The van der Waals surface area contributed by atoms with Gasteiger partial charge in [0.15, 0.2) is 0 Å². The minimum atomic E-state index is -0.104. The van der Waals surface area contributed by atoms with Gasteiger partial charge in [-0.3, -0.25) is 9.59 Å². The van der Waals surface area contributed by atoms with Crippen molar-refractivity contribution in [2.24, 2.45) is 0 Å². The third-order valence-electron chi connectivity index (χ3n) is 4.17. The second-order valence-electron chi connectivity index (χ2n) is 5.21. The Morgan fingerprint density at radius 3 is 2.89 bits per heavy atom. The highest BCUT2D eigenvalue weighted by atomic mass is 16.5. The Labute approximate surface area is 108 Å². The Morgan fingerprint density at radius 1 is 1.44 bits per heavy atom. The fourth-order valence-electron chi connectivity index (χ4n) is 3.35. The molecule has 2 heterocycles. The van der Waals surface area contributed by atoms with Crippen molar-refractivity contribution in [1.29, 1.82) is 0 Å². The zero-order chi connectivity index (χ0) is 13.2. The van der Waals surface area contributed by atoms with Gasteiger partial charge in [0.05, 0.1) is 5.54 Å². The largest absolute Gasteiger partial charge is 0.375 e. The van der Waals surface area contributed by atoms with Gasteiger partial charge in [-0.2, -0.15) is 0 Å². The van der Waals surface area contributed by atoms with E-state index in [4.69, 9.17) is 4.74 Å². The van der Waals surface area contributed by atoms with Crippen molar-refractivity contribution in [2.45, 2.75) is 38.1 Å². The number of hydrogen-bond acceptors (Lipinski definition) is 3. The predicted molar refractivity (Wildman–Crippen MR) is 67.0 cm³/mol. The van der Waals surface area contributed by atoms with E-state index >= 15 is 0 Å². The van der Waals surface area contributed by atoms with Crippen molar-refractivity contribution in [3.05, 3.63) is 0 Å². The van der Waals surface area contributed by atoms with Gasteiger partial charge >= 0.3 is 0 Å². The lowest BCUT2D eigenvalue weighted by molar-refractivity contribution is -0.142. The lowest BCUT2D eigenvalue weighted by Gasteiger charge is -2.45. The van der Waals surface area contributed by atoms with Gasteiger partial charge in [0.25, 0.3) is 0 Å². The second kappa shape index (κ2) is 5.26. The summed E-state index contributed by atoms with van der Waals surface area (Å²) >= 11 is 0. The number of hydrogen-bond donors (Lipinski definition) is 0. The molecule has 2 fully saturated rings. The number of likely N-dealkylation sites (tertiary alicyclic amines) is 2. The molecule has 0 bridgehead atoms. The van der Waals surface area contributed by atoms with E-state index in [-0.39, 0.29) is 24.0 Å². The zero-order valence-corrected chi connectivity index (χ0v) is 11.3. The molecule has 0 aromatic heterocycles. The van der Waals surface area contributed by atoms with Crippen LogP contribution in [0.5, 0.6) is 0 Å². The number of piperidine rings is 1. The molecule has 0 aromatic rings. The topological polar surface area (TPSA) is 49.9 Å². The van der Waals surface area contributed by atoms with Gasteiger partial charge in [-0.15, -0.1) is 0 Å². The molecule has 5 nitrogen and oxygen atoms in total. The van der Waals surface area contributed by atoms with E-state index in [1.807, 2.05) is 16.7 Å². The Hall–Kier alpha value is -1.10. The van der Waals surface area contributed by atoms with Crippen LogP contribution >= 0.6 is 0 Å². The van der Waals surface area contributed by atoms with Crippen molar-refractivity contribution < 1.29 is 14.3 Å². The molecule has 18 heavy (non-hydrogen) atoms. The van der Waals surface area contributed by atoms with Crippen LogP contribution in [0.1, 0.15) is 32.6 Å². The summed E-state index contributed by atoms with van der Waals surface area (Å²) in [7, 11) is 1.54. The first-order valence-electron chi connectivity index (χ1n) is 6.70. The molecule has 0 saturated carbocycles. The van der Waals surface area contributed by atoms with Crippen molar-refractivity contribution >= 4 is 11.8 Å². The van der Waals surface area contributed by atoms with E-state index in [0.29, 0.717) is 13.0 Å². The Kier molecular flexibility index (Phi) is 3.90. The average molecular weight is 254 g/mol. The van der Waals surface area contributed by atoms with Gasteiger partial charge in [0, 0.05) is 33.2 Å². The number of ether oxygens (including phenoxy) is 1. The van der Waals surface area contributed by atoms with Crippen molar-refractivity contribution in [3.63, 3.8) is 0 Å². The van der Waals surface area contributed by atoms with Gasteiger partial charge in [0.1, 0.15) is 6.61 Å². The molecular formula is C13H22N2O3. The number of rotatable bonds is 3. The lowest BCUT2D eigenvalue weighted by Crippen LogP contribution is -2.58. The molecule has 2 aliphatic rings. The maximum absolute atomic E-state index is 11.9. The Balaban J connectivity index is 2.10. The lowest BCUT2D eigenvalue weighted by atomic mass is 9.86. The normalized spacial score (nSPS) is 28.2. The van der Waals surface area contributed by atoms with Crippen LogP contribution in [-0.2, 0) is 14.3 Å². The van der Waals surface area contributed by atoms with E-state index in [9.17, 15) is 9.59 Å². The average Bonchev–Trinajstić information content (AvgIpc) is 2.66. The standard InChI is InChI=1S/C13H22N2O3/c1-3-15-11(16)5-7-13(15)6-4-8-14(10-13)12(17)9-18-2/h3-10H2,1-2H3. The summed E-state index contributed by atoms with van der Waals surface area (Å²) in [6.07, 6.45) is 3.50. The van der Waals surface area contributed by atoms with Crippen molar-refractivity contribution in [1.82, 2.24) is 9.80 Å². The SMILES string of the molecule is CCN1C(=O)CCC12CCCN(C(=O)COC)C2. The Bertz CT molecular complexity index is 345. The van der Waals surface area contributed by atoms with Crippen LogP contribution in [0.2, 0.25) is 0 Å². The van der Waals surface area contributed by atoms with Crippen LogP contribution in [0.15, 0.2) is 0 Å². The quantitative estimate of drug-likeness (QED) is 0.742. The highest BCUT2D eigenvalue weighted by molar-refractivity contribution is 5.81. The molecule has 5 heteroatoms. The van der Waals surface area contributed by atoms with Gasteiger partial charge in [0.2, 0.25) is 11.8 Å². The van der Waals surface area contributed by atoms with Gasteiger partial charge in [-0.1, -0.05) is 0 Å². The first-order valence-corrected chi connectivity index (χ1v) is 6.70. The van der Waals surface area contributed by atoms with E-state index < -0.39 is 0 Å². The molecule has 0 N–H and O–H groups in total. The summed E-state index contributed by atoms with van der Waals surface area (Å²) in [5, 5.41) is 0. The van der Waals surface area contributed by atoms with E-state index in [1.165, 1.54) is 7.11 Å². The maximum atomic E-state index is 11.9. The van der Waals surface area contributed by atoms with Crippen LogP contribution in [0.4, 0.5) is 0 Å². The molecule has 0 aliphatic carbocycles. The molecule has 2 rings (SSSR count). The smallest absolute Gasteiger partial charge is 0.248 e. The first-order chi connectivity index (χ1) is 8.63. The van der Waals surface area contributed by atoms with Gasteiger partial charge < -0.3 is 14.5 Å². The summed E-state index contributed by atoms with van der Waals surface area (Å²) in [6, 6.07) is 0. The molecule has 2 aliphatic heterocycles. The number of carbonyl (C=O) groups excluding carboxylic acids is 2. The molecule has 1 unspecified atom stereocenters. The predicted octanol–water partition coefficient (Wildman–Crippen LogP) is 0.636. The third kappa shape index (κ3) is 2.23. The molecule has 0 radical (unpaired) electrons. The van der Waals surface area contributed by atoms with Crippen molar-refractivity contribution in [3.8, 4) is 0 Å². The Morgan fingerprint density at radius 2 is 2.22 bits per heavy atom. The van der Waals surface area contributed by atoms with E-state index in [0.717, 1.165) is 32.4 Å². The summed E-state index contributed by atoms with van der Waals surface area (Å²) in [5.74, 6) is 0.269. The number of likely N-dealkylation sites (N-methyl/N-ethyl adjacent to an activating group) is 1. The van der Waals surface area contributed by atoms with Gasteiger partial charge in [-0.25, -0.2) is 0 Å². The summed E-state index contributed by atoms with van der Waals surface area (Å²) in [6.45, 7) is 4.35. The highest BCUT2D eigenvalue weighted by Gasteiger charge is 2.47. The summed E-state index contributed by atoms with van der Waals surface area (Å²) in [4.78, 5) is 27.6. The fourth-order valence-corrected chi connectivity index (χ4v) is 3.35. The minimum absolute atomic E-state index is 0.0342. The van der Waals surface area contributed by atoms with Crippen LogP contribution < -0.4 is 0 Å². The van der Waals surface area contributed by atoms with Crippen LogP contribution in [0.25, 0.3) is 0 Å². The number of carbonyl (C=O) groups is 2. The number of methoxy groups -OCH3 is 1. The molecule has 102 valence electrons. The minimum Gasteiger partial charge on any atom is -0.375 e. The zero-order valence-electron chi connectivity index (χ0n) is 11.3. The number of amides is 2. The second-order valence-corrected chi connectivity index (χ2v) is 5.21. The van der Waals surface area contributed by atoms with Crippen LogP contribution in [0.3, 0.4) is 0 Å². The molecule has 1 spiro atoms. The maximum Gasteiger partial charge on any atom is 0.248 e. The third-order valence-corrected chi connectivity index (χ3v) is 4.17. The molecule has 0 aromatic carbocycles. The fraction of sp³-hybridized carbons (Fsp3) is 0.846.